The Labute approximate surface area is 127 Å². The highest BCUT2D eigenvalue weighted by atomic mass is 16.5. The summed E-state index contributed by atoms with van der Waals surface area (Å²) in [6, 6.07) is 0.384. The second kappa shape index (κ2) is 6.45. The Hall–Kier alpha value is -1.59. The van der Waals surface area contributed by atoms with Gasteiger partial charge in [0.25, 0.3) is 0 Å². The summed E-state index contributed by atoms with van der Waals surface area (Å²) in [6.07, 6.45) is 7.31. The zero-order valence-electron chi connectivity index (χ0n) is 13.4. The van der Waals surface area contributed by atoms with E-state index < -0.39 is 0 Å². The maximum Gasteiger partial charge on any atom is 0.311 e. The van der Waals surface area contributed by atoms with Gasteiger partial charge in [0.05, 0.1) is 12.0 Å². The molecule has 0 unspecified atom stereocenters. The minimum absolute atomic E-state index is 0.0577. The van der Waals surface area contributed by atoms with Crippen molar-refractivity contribution >= 4 is 25.2 Å². The highest BCUT2D eigenvalue weighted by Crippen LogP contribution is 2.38. The fourth-order valence-electron chi connectivity index (χ4n) is 2.87. The van der Waals surface area contributed by atoms with Gasteiger partial charge in [0.1, 0.15) is 7.85 Å². The van der Waals surface area contributed by atoms with Gasteiger partial charge in [-0.3, -0.25) is 4.79 Å². The molecule has 1 fully saturated rings. The molecule has 6 heteroatoms. The minimum Gasteiger partial charge on any atom is -0.466 e. The number of ether oxygens (including phenoxy) is 1. The van der Waals surface area contributed by atoms with Gasteiger partial charge in [-0.25, -0.2) is 9.97 Å². The SMILES string of the molecule is Bc1cnc(N(C)C2CCC(C)(C(=O)OCC)CC2)nc1. The predicted octanol–water partition coefficient (Wildman–Crippen LogP) is 0.683. The van der Waals surface area contributed by atoms with Crippen LogP contribution in [0.3, 0.4) is 0 Å². The van der Waals surface area contributed by atoms with E-state index in [0.717, 1.165) is 37.1 Å². The number of hydrogen-bond donors (Lipinski definition) is 0. The van der Waals surface area contributed by atoms with Crippen LogP contribution in [0.25, 0.3) is 0 Å². The molecule has 1 aromatic heterocycles. The lowest BCUT2D eigenvalue weighted by Gasteiger charge is -2.38. The average molecular weight is 289 g/mol. The van der Waals surface area contributed by atoms with Crippen molar-refractivity contribution in [1.82, 2.24) is 9.97 Å². The van der Waals surface area contributed by atoms with Gasteiger partial charge < -0.3 is 9.64 Å². The molecule has 1 saturated carbocycles. The highest BCUT2D eigenvalue weighted by molar-refractivity contribution is 6.31. The first-order valence-corrected chi connectivity index (χ1v) is 7.65. The standard InChI is InChI=1S/C15H24BN3O2/c1-4-21-13(20)15(2)7-5-12(6-8-15)19(3)14-17-9-11(16)10-18-14/h9-10,12H,4-8,16H2,1-3H3. The first kappa shape index (κ1) is 15.8. The number of aromatic nitrogens is 2. The molecule has 1 heterocycles. The van der Waals surface area contributed by atoms with Gasteiger partial charge in [-0.1, -0.05) is 5.46 Å². The van der Waals surface area contributed by atoms with Crippen LogP contribution in [0.5, 0.6) is 0 Å². The molecule has 0 atom stereocenters. The van der Waals surface area contributed by atoms with Gasteiger partial charge in [-0.15, -0.1) is 0 Å². The van der Waals surface area contributed by atoms with Crippen LogP contribution in [0, 0.1) is 5.41 Å². The van der Waals surface area contributed by atoms with Crippen molar-refractivity contribution in [2.24, 2.45) is 5.41 Å². The van der Waals surface area contributed by atoms with E-state index >= 15 is 0 Å². The molecule has 0 spiro atoms. The van der Waals surface area contributed by atoms with Crippen molar-refractivity contribution in [3.8, 4) is 0 Å². The Morgan fingerprint density at radius 3 is 2.52 bits per heavy atom. The number of anilines is 1. The zero-order chi connectivity index (χ0) is 15.5. The van der Waals surface area contributed by atoms with Crippen molar-refractivity contribution in [1.29, 1.82) is 0 Å². The lowest BCUT2D eigenvalue weighted by Crippen LogP contribution is -2.42. The van der Waals surface area contributed by atoms with Crippen molar-refractivity contribution < 1.29 is 9.53 Å². The third kappa shape index (κ3) is 3.54. The Bertz CT molecular complexity index is 484. The van der Waals surface area contributed by atoms with E-state index in [2.05, 4.69) is 14.9 Å². The Balaban J connectivity index is 1.97. The van der Waals surface area contributed by atoms with Crippen LogP contribution in [-0.2, 0) is 9.53 Å². The van der Waals surface area contributed by atoms with E-state index in [1.807, 2.05) is 41.1 Å². The maximum absolute atomic E-state index is 12.0. The summed E-state index contributed by atoms with van der Waals surface area (Å²) in [5.41, 5.74) is 0.729. The molecule has 21 heavy (non-hydrogen) atoms. The summed E-state index contributed by atoms with van der Waals surface area (Å²) in [6.45, 7) is 4.33. The molecule has 1 aromatic rings. The van der Waals surface area contributed by atoms with Crippen LogP contribution in [0.4, 0.5) is 5.95 Å². The Morgan fingerprint density at radius 2 is 2.00 bits per heavy atom. The predicted molar refractivity (Wildman–Crippen MR) is 85.6 cm³/mol. The molecule has 5 nitrogen and oxygen atoms in total. The van der Waals surface area contributed by atoms with Crippen LogP contribution in [-0.4, -0.2) is 43.5 Å². The van der Waals surface area contributed by atoms with Crippen molar-refractivity contribution in [3.63, 3.8) is 0 Å². The van der Waals surface area contributed by atoms with Gasteiger partial charge in [-0.2, -0.15) is 0 Å². The number of esters is 1. The third-order valence-electron chi connectivity index (χ3n) is 4.46. The molecule has 1 aliphatic rings. The number of rotatable bonds is 4. The number of carbonyl (C=O) groups excluding carboxylic acids is 1. The number of carbonyl (C=O) groups is 1. The summed E-state index contributed by atoms with van der Waals surface area (Å²) < 4.78 is 5.20. The molecular weight excluding hydrogens is 265 g/mol. The Morgan fingerprint density at radius 1 is 1.43 bits per heavy atom. The van der Waals surface area contributed by atoms with Crippen LogP contribution >= 0.6 is 0 Å². The maximum atomic E-state index is 12.0. The van der Waals surface area contributed by atoms with E-state index in [0.29, 0.717) is 12.6 Å². The summed E-state index contributed by atoms with van der Waals surface area (Å²) in [7, 11) is 4.01. The smallest absolute Gasteiger partial charge is 0.311 e. The normalized spacial score (nSPS) is 25.4. The van der Waals surface area contributed by atoms with E-state index in [9.17, 15) is 4.79 Å². The molecule has 1 aliphatic carbocycles. The van der Waals surface area contributed by atoms with Crippen molar-refractivity contribution in [2.45, 2.75) is 45.6 Å². The molecule has 0 radical (unpaired) electrons. The van der Waals surface area contributed by atoms with Crippen molar-refractivity contribution in [2.75, 3.05) is 18.6 Å². The van der Waals surface area contributed by atoms with Gasteiger partial charge in [-0.05, 0) is 39.5 Å². The monoisotopic (exact) mass is 289 g/mol. The summed E-state index contributed by atoms with van der Waals surface area (Å²) in [5, 5.41) is 0. The fourth-order valence-corrected chi connectivity index (χ4v) is 2.87. The van der Waals surface area contributed by atoms with E-state index in [4.69, 9.17) is 4.74 Å². The fraction of sp³-hybridized carbons (Fsp3) is 0.667. The van der Waals surface area contributed by atoms with Gasteiger partial charge in [0.15, 0.2) is 0 Å². The molecule has 2 rings (SSSR count). The van der Waals surface area contributed by atoms with E-state index in [1.54, 1.807) is 0 Å². The lowest BCUT2D eigenvalue weighted by atomic mass is 9.73. The van der Waals surface area contributed by atoms with Crippen LogP contribution < -0.4 is 10.4 Å². The van der Waals surface area contributed by atoms with E-state index in [-0.39, 0.29) is 11.4 Å². The van der Waals surface area contributed by atoms with Crippen LogP contribution in [0.1, 0.15) is 39.5 Å². The zero-order valence-corrected chi connectivity index (χ0v) is 13.4. The summed E-state index contributed by atoms with van der Waals surface area (Å²) in [5.74, 6) is 0.697. The topological polar surface area (TPSA) is 55.3 Å². The molecule has 0 amide bonds. The first-order chi connectivity index (χ1) is 9.96. The quantitative estimate of drug-likeness (QED) is 0.603. The second-order valence-electron chi connectivity index (χ2n) is 6.18. The molecule has 0 bridgehead atoms. The van der Waals surface area contributed by atoms with Gasteiger partial charge >= 0.3 is 5.97 Å². The molecular formula is C15H24BN3O2. The van der Waals surface area contributed by atoms with Crippen LogP contribution in [0.15, 0.2) is 12.4 Å². The Kier molecular flexibility index (Phi) is 4.86. The van der Waals surface area contributed by atoms with E-state index in [1.165, 1.54) is 0 Å². The molecule has 0 aliphatic heterocycles. The first-order valence-electron chi connectivity index (χ1n) is 7.65. The van der Waals surface area contributed by atoms with Gasteiger partial charge in [0.2, 0.25) is 5.95 Å². The third-order valence-corrected chi connectivity index (χ3v) is 4.46. The van der Waals surface area contributed by atoms with Crippen LogP contribution in [0.2, 0.25) is 0 Å². The largest absolute Gasteiger partial charge is 0.466 e. The number of hydrogen-bond acceptors (Lipinski definition) is 5. The molecule has 0 saturated heterocycles. The molecule has 0 aromatic carbocycles. The lowest BCUT2D eigenvalue weighted by molar-refractivity contribution is -0.156. The molecule has 114 valence electrons. The molecule has 0 N–H and O–H groups in total. The average Bonchev–Trinajstić information content (AvgIpc) is 2.48. The second-order valence-corrected chi connectivity index (χ2v) is 6.18. The minimum atomic E-state index is -0.332. The van der Waals surface area contributed by atoms with Gasteiger partial charge in [0, 0.05) is 25.5 Å². The highest BCUT2D eigenvalue weighted by Gasteiger charge is 2.39. The number of nitrogens with zero attached hydrogens (tertiary/aromatic N) is 3. The summed E-state index contributed by atoms with van der Waals surface area (Å²) in [4.78, 5) is 22.9. The summed E-state index contributed by atoms with van der Waals surface area (Å²) >= 11 is 0. The van der Waals surface area contributed by atoms with Crippen molar-refractivity contribution in [3.05, 3.63) is 12.4 Å².